The van der Waals surface area contributed by atoms with Gasteiger partial charge in [-0.2, -0.15) is 0 Å². The Morgan fingerprint density at radius 2 is 2.21 bits per heavy atom. The monoisotopic (exact) mass is 274 g/mol. The van der Waals surface area contributed by atoms with Crippen LogP contribution in [0, 0.1) is 6.92 Å². The minimum atomic E-state index is 0.154. The molecule has 2 heterocycles. The summed E-state index contributed by atoms with van der Waals surface area (Å²) in [5, 5.41) is 2.04. The highest BCUT2D eigenvalue weighted by Crippen LogP contribution is 2.13. The smallest absolute Gasteiger partial charge is 0.227 e. The van der Waals surface area contributed by atoms with Gasteiger partial charge in [-0.1, -0.05) is 12.1 Å². The molecule has 100 valence electrons. The largest absolute Gasteiger partial charge is 0.338 e. The number of rotatable bonds is 5. The quantitative estimate of drug-likeness (QED) is 0.839. The van der Waals surface area contributed by atoms with Crippen LogP contribution in [0.2, 0.25) is 0 Å². The molecule has 0 saturated carbocycles. The van der Waals surface area contributed by atoms with Gasteiger partial charge in [-0.3, -0.25) is 9.78 Å². The van der Waals surface area contributed by atoms with Crippen molar-refractivity contribution in [3.63, 3.8) is 0 Å². The van der Waals surface area contributed by atoms with Crippen molar-refractivity contribution in [1.82, 2.24) is 9.88 Å². The number of nitrogens with zero attached hydrogens (tertiary/aromatic N) is 2. The van der Waals surface area contributed by atoms with Crippen molar-refractivity contribution in [2.45, 2.75) is 26.8 Å². The first-order valence-electron chi connectivity index (χ1n) is 6.40. The number of hydrogen-bond acceptors (Lipinski definition) is 3. The summed E-state index contributed by atoms with van der Waals surface area (Å²) in [6.07, 6.45) is 2.21. The summed E-state index contributed by atoms with van der Waals surface area (Å²) in [7, 11) is 0. The van der Waals surface area contributed by atoms with E-state index in [2.05, 4.69) is 11.1 Å². The molecule has 4 heteroatoms. The van der Waals surface area contributed by atoms with Gasteiger partial charge in [0.05, 0.1) is 13.0 Å². The lowest BCUT2D eigenvalue weighted by Gasteiger charge is -2.20. The molecule has 0 radical (unpaired) electrons. The fourth-order valence-electron chi connectivity index (χ4n) is 1.86. The highest BCUT2D eigenvalue weighted by atomic mass is 32.1. The van der Waals surface area contributed by atoms with Crippen LogP contribution in [-0.2, 0) is 17.8 Å². The van der Waals surface area contributed by atoms with E-state index in [0.29, 0.717) is 13.0 Å². The summed E-state index contributed by atoms with van der Waals surface area (Å²) in [5.74, 6) is 0.154. The van der Waals surface area contributed by atoms with E-state index in [1.54, 1.807) is 17.5 Å². The maximum absolute atomic E-state index is 12.3. The van der Waals surface area contributed by atoms with E-state index in [-0.39, 0.29) is 5.91 Å². The van der Waals surface area contributed by atoms with Gasteiger partial charge in [0.1, 0.15) is 0 Å². The van der Waals surface area contributed by atoms with Crippen molar-refractivity contribution < 1.29 is 4.79 Å². The molecule has 0 aromatic carbocycles. The van der Waals surface area contributed by atoms with E-state index >= 15 is 0 Å². The summed E-state index contributed by atoms with van der Waals surface area (Å²) in [6, 6.07) is 7.99. The van der Waals surface area contributed by atoms with Crippen LogP contribution in [0.1, 0.15) is 23.1 Å². The summed E-state index contributed by atoms with van der Waals surface area (Å²) < 4.78 is 0. The Kier molecular flexibility index (Phi) is 4.68. The third-order valence-corrected chi connectivity index (χ3v) is 3.85. The predicted octanol–water partition coefficient (Wildman–Crippen LogP) is 3.04. The second kappa shape index (κ2) is 6.48. The highest BCUT2D eigenvalue weighted by Gasteiger charge is 2.13. The number of carbonyl (C=O) groups excluding carboxylic acids is 1. The predicted molar refractivity (Wildman–Crippen MR) is 78.1 cm³/mol. The third-order valence-electron chi connectivity index (χ3n) is 2.99. The van der Waals surface area contributed by atoms with E-state index < -0.39 is 0 Å². The van der Waals surface area contributed by atoms with Gasteiger partial charge in [0, 0.05) is 23.3 Å². The molecule has 0 aliphatic carbocycles. The van der Waals surface area contributed by atoms with Crippen LogP contribution in [0.25, 0.3) is 0 Å². The topological polar surface area (TPSA) is 33.2 Å². The van der Waals surface area contributed by atoms with Crippen molar-refractivity contribution in [2.24, 2.45) is 0 Å². The molecule has 0 N–H and O–H groups in total. The zero-order valence-electron chi connectivity index (χ0n) is 11.3. The molecular weight excluding hydrogens is 256 g/mol. The van der Waals surface area contributed by atoms with Gasteiger partial charge in [-0.25, -0.2) is 0 Å². The maximum atomic E-state index is 12.3. The van der Waals surface area contributed by atoms with Crippen LogP contribution in [0.15, 0.2) is 35.8 Å². The van der Waals surface area contributed by atoms with Crippen LogP contribution in [0.4, 0.5) is 0 Å². The van der Waals surface area contributed by atoms with Crippen molar-refractivity contribution >= 4 is 17.2 Å². The number of amides is 1. The van der Waals surface area contributed by atoms with Crippen LogP contribution in [0.5, 0.6) is 0 Å². The van der Waals surface area contributed by atoms with E-state index in [1.165, 1.54) is 4.88 Å². The lowest BCUT2D eigenvalue weighted by molar-refractivity contribution is -0.130. The van der Waals surface area contributed by atoms with E-state index in [4.69, 9.17) is 0 Å². The maximum Gasteiger partial charge on any atom is 0.227 e. The second-order valence-electron chi connectivity index (χ2n) is 4.47. The SMILES string of the molecule is CCN(Cc1cccs1)C(=O)Cc1ccc(C)nc1. The molecule has 1 amide bonds. The average Bonchev–Trinajstić information content (AvgIpc) is 2.91. The van der Waals surface area contributed by atoms with Crippen LogP contribution in [0.3, 0.4) is 0 Å². The minimum absolute atomic E-state index is 0.154. The number of pyridine rings is 1. The fourth-order valence-corrected chi connectivity index (χ4v) is 2.58. The zero-order valence-corrected chi connectivity index (χ0v) is 12.1. The molecule has 2 rings (SSSR count). The van der Waals surface area contributed by atoms with Crippen molar-refractivity contribution in [1.29, 1.82) is 0 Å². The summed E-state index contributed by atoms with van der Waals surface area (Å²) in [5.41, 5.74) is 1.95. The van der Waals surface area contributed by atoms with Gasteiger partial charge >= 0.3 is 0 Å². The molecule has 0 spiro atoms. The Hall–Kier alpha value is -1.68. The number of carbonyl (C=O) groups is 1. The first kappa shape index (κ1) is 13.7. The van der Waals surface area contributed by atoms with Crippen molar-refractivity contribution in [3.8, 4) is 0 Å². The summed E-state index contributed by atoms with van der Waals surface area (Å²) in [6.45, 7) is 5.39. The molecule has 0 aliphatic heterocycles. The Morgan fingerprint density at radius 3 is 2.79 bits per heavy atom. The Bertz CT molecular complexity index is 520. The Morgan fingerprint density at radius 1 is 1.37 bits per heavy atom. The average molecular weight is 274 g/mol. The first-order chi connectivity index (χ1) is 9.19. The van der Waals surface area contributed by atoms with Gasteiger partial charge in [0.15, 0.2) is 0 Å². The van der Waals surface area contributed by atoms with E-state index in [1.807, 2.05) is 42.3 Å². The third kappa shape index (κ3) is 3.89. The van der Waals surface area contributed by atoms with Crippen LogP contribution in [-0.4, -0.2) is 22.3 Å². The fraction of sp³-hybridized carbons (Fsp3) is 0.333. The van der Waals surface area contributed by atoms with Crippen LogP contribution < -0.4 is 0 Å². The van der Waals surface area contributed by atoms with Crippen molar-refractivity contribution in [3.05, 3.63) is 52.0 Å². The minimum Gasteiger partial charge on any atom is -0.338 e. The standard InChI is InChI=1S/C15H18N2OS/c1-3-17(11-14-5-4-8-19-14)15(18)9-13-7-6-12(2)16-10-13/h4-8,10H,3,9,11H2,1-2H3. The van der Waals surface area contributed by atoms with Crippen LogP contribution >= 0.6 is 11.3 Å². The second-order valence-corrected chi connectivity index (χ2v) is 5.50. The Labute approximate surface area is 117 Å². The Balaban J connectivity index is 1.98. The molecule has 0 fully saturated rings. The molecule has 19 heavy (non-hydrogen) atoms. The number of likely N-dealkylation sites (N-methyl/N-ethyl adjacent to an activating group) is 1. The lowest BCUT2D eigenvalue weighted by Crippen LogP contribution is -2.31. The summed E-state index contributed by atoms with van der Waals surface area (Å²) in [4.78, 5) is 19.6. The zero-order chi connectivity index (χ0) is 13.7. The molecule has 2 aromatic heterocycles. The molecule has 0 bridgehead atoms. The van der Waals surface area contributed by atoms with Gasteiger partial charge in [0.25, 0.3) is 0 Å². The van der Waals surface area contributed by atoms with E-state index in [0.717, 1.165) is 17.8 Å². The number of aromatic nitrogens is 1. The number of aryl methyl sites for hydroxylation is 1. The normalized spacial score (nSPS) is 10.4. The van der Waals surface area contributed by atoms with Gasteiger partial charge < -0.3 is 4.90 Å². The van der Waals surface area contributed by atoms with Gasteiger partial charge in [-0.05, 0) is 36.9 Å². The molecule has 0 unspecified atom stereocenters. The molecular formula is C15H18N2OS. The summed E-state index contributed by atoms with van der Waals surface area (Å²) >= 11 is 1.69. The highest BCUT2D eigenvalue weighted by molar-refractivity contribution is 7.09. The molecule has 0 saturated heterocycles. The lowest BCUT2D eigenvalue weighted by atomic mass is 10.2. The molecule has 0 aliphatic rings. The number of thiophene rings is 1. The molecule has 2 aromatic rings. The first-order valence-corrected chi connectivity index (χ1v) is 7.28. The van der Waals surface area contributed by atoms with Crippen molar-refractivity contribution in [2.75, 3.05) is 6.54 Å². The molecule has 3 nitrogen and oxygen atoms in total. The van der Waals surface area contributed by atoms with Gasteiger partial charge in [-0.15, -0.1) is 11.3 Å². The van der Waals surface area contributed by atoms with Gasteiger partial charge in [0.2, 0.25) is 5.91 Å². The number of hydrogen-bond donors (Lipinski definition) is 0. The molecule has 0 atom stereocenters. The van der Waals surface area contributed by atoms with E-state index in [9.17, 15) is 4.79 Å².